The van der Waals surface area contributed by atoms with Gasteiger partial charge in [0, 0.05) is 32.0 Å². The van der Waals surface area contributed by atoms with Crippen LogP contribution in [0.5, 0.6) is 5.06 Å². The van der Waals surface area contributed by atoms with Crippen LogP contribution in [0.3, 0.4) is 0 Å². The molecule has 1 aliphatic rings. The number of rotatable bonds is 9. The molecule has 34 heavy (non-hydrogen) atoms. The van der Waals surface area contributed by atoms with Crippen LogP contribution in [-0.2, 0) is 23.7 Å². The van der Waals surface area contributed by atoms with Crippen LogP contribution in [0.2, 0.25) is 0 Å². The largest absolute Gasteiger partial charge is 0.748 e. The number of thiazole rings is 2. The van der Waals surface area contributed by atoms with Crippen LogP contribution in [0.25, 0.3) is 12.2 Å². The molecule has 0 bridgehead atoms. The van der Waals surface area contributed by atoms with Crippen LogP contribution in [0.1, 0.15) is 37.9 Å². The number of thioether (sulfide) groups is 1. The molecule has 0 spiro atoms. The van der Waals surface area contributed by atoms with Gasteiger partial charge in [0.15, 0.2) is 0 Å². The molecule has 0 saturated carbocycles. The molecule has 1 aliphatic heterocycles. The fraction of sp³-hybridized carbons (Fsp3) is 0.455. The Kier molecular flexibility index (Phi) is 8.85. The van der Waals surface area contributed by atoms with Crippen LogP contribution in [0, 0.1) is 6.92 Å². The number of ether oxygens (including phenoxy) is 1. The molecule has 0 N–H and O–H groups in total. The summed E-state index contributed by atoms with van der Waals surface area (Å²) in [5.41, 5.74) is 1.97. The van der Waals surface area contributed by atoms with E-state index in [1.54, 1.807) is 29.0 Å². The summed E-state index contributed by atoms with van der Waals surface area (Å²) in [5, 5.41) is 4.77. The Morgan fingerprint density at radius 3 is 2.59 bits per heavy atom. The summed E-state index contributed by atoms with van der Waals surface area (Å²) in [6.07, 6.45) is 5.94. The molecule has 2 aromatic rings. The molecule has 0 aliphatic carbocycles. The van der Waals surface area contributed by atoms with E-state index in [1.807, 2.05) is 43.2 Å². The lowest BCUT2D eigenvalue weighted by Gasteiger charge is -2.21. The van der Waals surface area contributed by atoms with E-state index in [4.69, 9.17) is 4.74 Å². The van der Waals surface area contributed by atoms with Crippen molar-refractivity contribution in [1.82, 2.24) is 9.47 Å². The highest BCUT2D eigenvalue weighted by Gasteiger charge is 2.22. The van der Waals surface area contributed by atoms with Gasteiger partial charge >= 0.3 is 0 Å². The van der Waals surface area contributed by atoms with E-state index < -0.39 is 15.9 Å². The molecule has 0 amide bonds. The molecule has 2 aromatic heterocycles. The lowest BCUT2D eigenvalue weighted by atomic mass is 10.3. The van der Waals surface area contributed by atoms with Crippen molar-refractivity contribution in [2.24, 2.45) is 7.05 Å². The van der Waals surface area contributed by atoms with Crippen molar-refractivity contribution in [1.29, 1.82) is 0 Å². The average Bonchev–Trinajstić information content (AvgIpc) is 3.36. The number of nitrogens with zero attached hydrogens (tertiary/aromatic N) is 3. The number of hydrogen-bond acceptors (Lipinski definition) is 9. The van der Waals surface area contributed by atoms with E-state index in [-0.39, 0.29) is 12.0 Å². The minimum absolute atomic E-state index is 0.0777. The zero-order valence-electron chi connectivity index (χ0n) is 19.9. The van der Waals surface area contributed by atoms with E-state index in [9.17, 15) is 17.8 Å². The Balaban J connectivity index is 1.93. The Morgan fingerprint density at radius 1 is 1.21 bits per heavy atom. The smallest absolute Gasteiger partial charge is 0.268 e. The fourth-order valence-corrected chi connectivity index (χ4v) is 7.13. The van der Waals surface area contributed by atoms with Gasteiger partial charge in [-0.15, -0.1) is 11.3 Å². The van der Waals surface area contributed by atoms with Crippen molar-refractivity contribution in [3.05, 3.63) is 52.5 Å². The molecule has 3 heterocycles. The second-order valence-electron chi connectivity index (χ2n) is 7.62. The molecule has 186 valence electrons. The van der Waals surface area contributed by atoms with Gasteiger partial charge in [-0.05, 0) is 56.1 Å². The van der Waals surface area contributed by atoms with Gasteiger partial charge in [-0.25, -0.2) is 8.42 Å². The number of aromatic nitrogens is 2. The van der Waals surface area contributed by atoms with Crippen molar-refractivity contribution >= 4 is 56.7 Å². The topological polar surface area (TPSA) is 95.6 Å². The van der Waals surface area contributed by atoms with Crippen LogP contribution in [0.4, 0.5) is 0 Å². The molecule has 0 radical (unpaired) electrons. The first kappa shape index (κ1) is 26.7. The van der Waals surface area contributed by atoms with Crippen molar-refractivity contribution in [2.45, 2.75) is 40.7 Å². The molecular formula is C22H29N3O5S4. The first-order chi connectivity index (χ1) is 16.1. The third-order valence-corrected chi connectivity index (χ3v) is 9.38. The second-order valence-corrected chi connectivity index (χ2v) is 12.1. The zero-order valence-corrected chi connectivity index (χ0v) is 23.1. The third kappa shape index (κ3) is 6.22. The molecule has 0 unspecified atom stereocenters. The highest BCUT2D eigenvalue weighted by atomic mass is 32.2. The molecular weight excluding hydrogens is 515 g/mol. The fourth-order valence-electron chi connectivity index (χ4n) is 3.50. The predicted octanol–water partition coefficient (Wildman–Crippen LogP) is 1.82. The summed E-state index contributed by atoms with van der Waals surface area (Å²) in [6, 6.07) is 0. The van der Waals surface area contributed by atoms with Gasteiger partial charge < -0.3 is 18.8 Å². The highest BCUT2D eigenvalue weighted by molar-refractivity contribution is 8.06. The molecule has 3 rings (SSSR count). The lowest BCUT2D eigenvalue weighted by Crippen LogP contribution is -2.37. The maximum Gasteiger partial charge on any atom is 0.268 e. The summed E-state index contributed by atoms with van der Waals surface area (Å²) in [5.74, 6) is -0.395. The minimum Gasteiger partial charge on any atom is -0.748 e. The predicted molar refractivity (Wildman–Crippen MR) is 138 cm³/mol. The third-order valence-electron chi connectivity index (χ3n) is 5.26. The zero-order chi connectivity index (χ0) is 25.0. The van der Waals surface area contributed by atoms with Crippen LogP contribution in [0.15, 0.2) is 27.0 Å². The van der Waals surface area contributed by atoms with Gasteiger partial charge in [0.1, 0.15) is 11.2 Å². The molecule has 0 aromatic carbocycles. The Hall–Kier alpha value is -1.86. The number of hydrogen-bond donors (Lipinski definition) is 0. The highest BCUT2D eigenvalue weighted by Crippen LogP contribution is 2.34. The van der Waals surface area contributed by atoms with Crippen LogP contribution >= 0.6 is 34.4 Å². The summed E-state index contributed by atoms with van der Waals surface area (Å²) >= 11 is 4.49. The Bertz CT molecular complexity index is 1400. The average molecular weight is 544 g/mol. The summed E-state index contributed by atoms with van der Waals surface area (Å²) < 4.78 is 43.8. The number of allylic oxidation sites excluding steroid dienone is 2. The van der Waals surface area contributed by atoms with Gasteiger partial charge in [0.2, 0.25) is 10.8 Å². The standard InChI is InChI=1S/C22H29N3O5S4/c1-6-24-16(4)22(30-7-2)33-20(24)13-19-23(5)21(26)17(32-19)9-10-18-25(15(3)14-31-18)11-8-12-34(27,28)29/h9-10,13-14H,6-8,11-12H2,1-5H3. The summed E-state index contributed by atoms with van der Waals surface area (Å²) in [7, 11) is -2.47. The summed E-state index contributed by atoms with van der Waals surface area (Å²) in [6.45, 7) is 9.84. The molecule has 0 saturated heterocycles. The quantitative estimate of drug-likeness (QED) is 0.352. The van der Waals surface area contributed by atoms with Gasteiger partial charge in [-0.3, -0.25) is 4.79 Å². The maximum atomic E-state index is 12.9. The van der Waals surface area contributed by atoms with Gasteiger partial charge in [0.05, 0.1) is 32.4 Å². The molecule has 0 fully saturated rings. The first-order valence-electron chi connectivity index (χ1n) is 10.9. The van der Waals surface area contributed by atoms with E-state index in [0.29, 0.717) is 17.7 Å². The minimum atomic E-state index is -4.23. The van der Waals surface area contributed by atoms with E-state index in [1.165, 1.54) is 23.1 Å². The van der Waals surface area contributed by atoms with Gasteiger partial charge in [0.25, 0.3) is 10.6 Å². The maximum absolute atomic E-state index is 12.9. The molecule has 8 nitrogen and oxygen atoms in total. The summed E-state index contributed by atoms with van der Waals surface area (Å²) in [4.78, 5) is 14.8. The molecule has 12 heteroatoms. The SMILES string of the molecule is CCOc1sc(C=c2sc(=CC=C3SC=C(C)N3CCCS(=O)(=O)[O-])c(=O)n2C)[n+](CC)c1C. The van der Waals surface area contributed by atoms with E-state index in [0.717, 1.165) is 37.7 Å². The first-order valence-corrected chi connectivity index (χ1v) is 14.9. The Labute approximate surface area is 211 Å². The van der Waals surface area contributed by atoms with Crippen molar-refractivity contribution in [3.63, 3.8) is 0 Å². The van der Waals surface area contributed by atoms with Gasteiger partial charge in [-0.1, -0.05) is 11.8 Å². The lowest BCUT2D eigenvalue weighted by molar-refractivity contribution is -0.696. The van der Waals surface area contributed by atoms with Crippen LogP contribution in [-0.4, -0.2) is 41.3 Å². The van der Waals surface area contributed by atoms with Crippen molar-refractivity contribution in [3.8, 4) is 5.06 Å². The van der Waals surface area contributed by atoms with Gasteiger partial charge in [-0.2, -0.15) is 4.57 Å². The van der Waals surface area contributed by atoms with Crippen LogP contribution < -0.4 is 24.1 Å². The van der Waals surface area contributed by atoms with E-state index in [2.05, 4.69) is 11.5 Å². The Morgan fingerprint density at radius 2 is 1.94 bits per heavy atom. The second kappa shape index (κ2) is 11.3. The molecule has 0 atom stereocenters. The van der Waals surface area contributed by atoms with E-state index >= 15 is 0 Å². The normalized spacial score (nSPS) is 16.7. The monoisotopic (exact) mass is 543 g/mol. The van der Waals surface area contributed by atoms with Crippen molar-refractivity contribution in [2.75, 3.05) is 18.9 Å². The van der Waals surface area contributed by atoms with Crippen molar-refractivity contribution < 1.29 is 22.3 Å².